The summed E-state index contributed by atoms with van der Waals surface area (Å²) < 4.78 is 11.1. The van der Waals surface area contributed by atoms with E-state index in [1.807, 2.05) is 19.9 Å². The van der Waals surface area contributed by atoms with Crippen LogP contribution < -0.4 is 0 Å². The van der Waals surface area contributed by atoms with Crippen molar-refractivity contribution in [1.82, 2.24) is 4.90 Å². The zero-order valence-corrected chi connectivity index (χ0v) is 13.8. The Morgan fingerprint density at radius 3 is 2.83 bits per heavy atom. The van der Waals surface area contributed by atoms with E-state index in [-0.39, 0.29) is 24.7 Å². The first-order valence-electron chi connectivity index (χ1n) is 7.99. The molecule has 1 aromatic heterocycles. The topological polar surface area (TPSA) is 62.9 Å². The van der Waals surface area contributed by atoms with Crippen LogP contribution in [0.5, 0.6) is 0 Å². The van der Waals surface area contributed by atoms with Crippen LogP contribution in [0.1, 0.15) is 23.6 Å². The molecule has 2 heterocycles. The number of aliphatic hydroxyl groups excluding tert-OH is 1. The summed E-state index contributed by atoms with van der Waals surface area (Å²) in [5, 5.41) is 10.3. The van der Waals surface area contributed by atoms with Crippen molar-refractivity contribution >= 4 is 16.9 Å². The SMILES string of the molecule is Cc1cc2occ(CC(=O)N3CC(CO)OCC3C)c2cc1C. The molecular weight excluding hydrogens is 294 g/mol. The first kappa shape index (κ1) is 16.0. The first-order chi connectivity index (χ1) is 11.0. The Hall–Kier alpha value is -1.85. The Kier molecular flexibility index (Phi) is 4.41. The molecule has 5 heteroatoms. The fraction of sp³-hybridized carbons (Fsp3) is 0.500. The van der Waals surface area contributed by atoms with Crippen molar-refractivity contribution in [1.29, 1.82) is 0 Å². The maximum Gasteiger partial charge on any atom is 0.227 e. The lowest BCUT2D eigenvalue weighted by Gasteiger charge is -2.37. The Bertz CT molecular complexity index is 721. The third kappa shape index (κ3) is 3.12. The summed E-state index contributed by atoms with van der Waals surface area (Å²) in [6.45, 7) is 6.90. The lowest BCUT2D eigenvalue weighted by atomic mass is 10.0. The largest absolute Gasteiger partial charge is 0.464 e. The molecule has 0 bridgehead atoms. The van der Waals surface area contributed by atoms with Gasteiger partial charge in [0, 0.05) is 17.5 Å². The van der Waals surface area contributed by atoms with Crippen LogP contribution in [0.25, 0.3) is 11.0 Å². The Balaban J connectivity index is 1.81. The number of fused-ring (bicyclic) bond motifs is 1. The molecule has 1 aromatic carbocycles. The molecule has 2 unspecified atom stereocenters. The summed E-state index contributed by atoms with van der Waals surface area (Å²) in [5.41, 5.74) is 4.09. The lowest BCUT2D eigenvalue weighted by molar-refractivity contribution is -0.145. The molecule has 1 fully saturated rings. The van der Waals surface area contributed by atoms with Crippen molar-refractivity contribution in [2.75, 3.05) is 19.8 Å². The van der Waals surface area contributed by atoms with Gasteiger partial charge in [0.1, 0.15) is 5.58 Å². The molecule has 1 aliphatic heterocycles. The second-order valence-electron chi connectivity index (χ2n) is 6.40. The quantitative estimate of drug-likeness (QED) is 0.942. The second-order valence-corrected chi connectivity index (χ2v) is 6.40. The van der Waals surface area contributed by atoms with E-state index >= 15 is 0 Å². The zero-order valence-electron chi connectivity index (χ0n) is 13.8. The molecule has 1 amide bonds. The third-order valence-electron chi connectivity index (χ3n) is 4.64. The number of morpholine rings is 1. The van der Waals surface area contributed by atoms with Crippen LogP contribution in [0.2, 0.25) is 0 Å². The summed E-state index contributed by atoms with van der Waals surface area (Å²) in [6, 6.07) is 4.11. The molecule has 2 atom stereocenters. The number of nitrogens with zero attached hydrogens (tertiary/aromatic N) is 1. The van der Waals surface area contributed by atoms with Crippen LogP contribution in [-0.4, -0.2) is 47.8 Å². The molecule has 0 aliphatic carbocycles. The highest BCUT2D eigenvalue weighted by atomic mass is 16.5. The number of hydrogen-bond donors (Lipinski definition) is 1. The number of ether oxygens (including phenoxy) is 1. The second kappa shape index (κ2) is 6.34. The van der Waals surface area contributed by atoms with E-state index in [1.165, 1.54) is 11.1 Å². The van der Waals surface area contributed by atoms with Gasteiger partial charge in [-0.15, -0.1) is 0 Å². The number of amides is 1. The maximum atomic E-state index is 12.7. The van der Waals surface area contributed by atoms with Crippen LogP contribution in [0.3, 0.4) is 0 Å². The molecule has 0 radical (unpaired) electrons. The molecular formula is C18H23NO4. The van der Waals surface area contributed by atoms with Crippen molar-refractivity contribution < 1.29 is 19.1 Å². The maximum absolute atomic E-state index is 12.7. The third-order valence-corrected chi connectivity index (χ3v) is 4.64. The summed E-state index contributed by atoms with van der Waals surface area (Å²) in [4.78, 5) is 14.5. The number of rotatable bonds is 3. The number of aryl methyl sites for hydroxylation is 2. The monoisotopic (exact) mass is 317 g/mol. The molecule has 1 aliphatic rings. The van der Waals surface area contributed by atoms with Crippen LogP contribution in [0.4, 0.5) is 0 Å². The van der Waals surface area contributed by atoms with E-state index in [4.69, 9.17) is 9.15 Å². The number of benzene rings is 1. The standard InChI is InChI=1S/C18H23NO4/c1-11-4-16-14(10-23-17(16)5-12(11)2)6-18(21)19-7-15(8-20)22-9-13(19)3/h4-5,10,13,15,20H,6-9H2,1-3H3. The Labute approximate surface area is 135 Å². The molecule has 1 N–H and O–H groups in total. The van der Waals surface area contributed by atoms with Gasteiger partial charge in [-0.05, 0) is 44.0 Å². The lowest BCUT2D eigenvalue weighted by Crippen LogP contribution is -2.52. The van der Waals surface area contributed by atoms with Crippen molar-refractivity contribution in [2.45, 2.75) is 39.3 Å². The van der Waals surface area contributed by atoms with Gasteiger partial charge in [0.05, 0.1) is 38.0 Å². The van der Waals surface area contributed by atoms with Gasteiger partial charge in [-0.1, -0.05) is 0 Å². The van der Waals surface area contributed by atoms with Crippen LogP contribution in [-0.2, 0) is 16.0 Å². The minimum Gasteiger partial charge on any atom is -0.464 e. The number of hydrogen-bond acceptors (Lipinski definition) is 4. The van der Waals surface area contributed by atoms with Gasteiger partial charge >= 0.3 is 0 Å². The number of furan rings is 1. The van der Waals surface area contributed by atoms with E-state index in [1.54, 1.807) is 11.2 Å². The average molecular weight is 317 g/mol. The van der Waals surface area contributed by atoms with Crippen molar-refractivity contribution in [3.8, 4) is 0 Å². The van der Waals surface area contributed by atoms with E-state index in [9.17, 15) is 9.90 Å². The molecule has 124 valence electrons. The van der Waals surface area contributed by atoms with Gasteiger partial charge in [-0.25, -0.2) is 0 Å². The predicted octanol–water partition coefficient (Wildman–Crippen LogP) is 2.20. The minimum atomic E-state index is -0.291. The molecule has 3 rings (SSSR count). The highest BCUT2D eigenvalue weighted by Gasteiger charge is 2.29. The zero-order chi connectivity index (χ0) is 16.6. The number of carbonyl (C=O) groups excluding carboxylic acids is 1. The average Bonchev–Trinajstić information content (AvgIpc) is 2.90. The summed E-state index contributed by atoms with van der Waals surface area (Å²) in [7, 11) is 0. The highest BCUT2D eigenvalue weighted by molar-refractivity contribution is 5.88. The smallest absolute Gasteiger partial charge is 0.227 e. The molecule has 23 heavy (non-hydrogen) atoms. The van der Waals surface area contributed by atoms with E-state index in [0.29, 0.717) is 19.6 Å². The number of aliphatic hydroxyl groups is 1. The van der Waals surface area contributed by atoms with Gasteiger partial charge < -0.3 is 19.2 Å². The van der Waals surface area contributed by atoms with E-state index in [0.717, 1.165) is 16.5 Å². The minimum absolute atomic E-state index is 0.0208. The van der Waals surface area contributed by atoms with Crippen LogP contribution >= 0.6 is 0 Å². The molecule has 1 saturated heterocycles. The van der Waals surface area contributed by atoms with Crippen molar-refractivity contribution in [3.05, 3.63) is 35.1 Å². The first-order valence-corrected chi connectivity index (χ1v) is 7.99. The Morgan fingerprint density at radius 2 is 2.09 bits per heavy atom. The highest BCUT2D eigenvalue weighted by Crippen LogP contribution is 2.26. The molecule has 0 saturated carbocycles. The fourth-order valence-electron chi connectivity index (χ4n) is 3.01. The van der Waals surface area contributed by atoms with Gasteiger partial charge in [0.25, 0.3) is 0 Å². The van der Waals surface area contributed by atoms with E-state index in [2.05, 4.69) is 13.0 Å². The van der Waals surface area contributed by atoms with Crippen molar-refractivity contribution in [3.63, 3.8) is 0 Å². The van der Waals surface area contributed by atoms with Gasteiger partial charge in [-0.3, -0.25) is 4.79 Å². The van der Waals surface area contributed by atoms with Crippen LogP contribution in [0, 0.1) is 13.8 Å². The van der Waals surface area contributed by atoms with E-state index < -0.39 is 0 Å². The Morgan fingerprint density at radius 1 is 1.35 bits per heavy atom. The van der Waals surface area contributed by atoms with Gasteiger partial charge in [0.15, 0.2) is 0 Å². The van der Waals surface area contributed by atoms with Gasteiger partial charge in [-0.2, -0.15) is 0 Å². The summed E-state index contributed by atoms with van der Waals surface area (Å²) >= 11 is 0. The summed E-state index contributed by atoms with van der Waals surface area (Å²) in [6.07, 6.45) is 1.69. The van der Waals surface area contributed by atoms with Crippen LogP contribution in [0.15, 0.2) is 22.8 Å². The van der Waals surface area contributed by atoms with Gasteiger partial charge in [0.2, 0.25) is 5.91 Å². The number of carbonyl (C=O) groups is 1. The molecule has 2 aromatic rings. The molecule has 0 spiro atoms. The normalized spacial score (nSPS) is 21.8. The predicted molar refractivity (Wildman–Crippen MR) is 87.4 cm³/mol. The fourth-order valence-corrected chi connectivity index (χ4v) is 3.01. The van der Waals surface area contributed by atoms with Crippen molar-refractivity contribution in [2.24, 2.45) is 0 Å². The molecule has 5 nitrogen and oxygen atoms in total. The summed E-state index contributed by atoms with van der Waals surface area (Å²) in [5.74, 6) is 0.0418.